The Morgan fingerprint density at radius 1 is 1.33 bits per heavy atom. The van der Waals surface area contributed by atoms with Crippen LogP contribution in [0.4, 0.5) is 9.52 Å². The molecule has 1 saturated heterocycles. The number of rotatable bonds is 5. The fraction of sp³-hybridized carbons (Fsp3) is 0.526. The van der Waals surface area contributed by atoms with Gasteiger partial charge in [0.05, 0.1) is 5.41 Å². The summed E-state index contributed by atoms with van der Waals surface area (Å²) in [7, 11) is 0. The van der Waals surface area contributed by atoms with E-state index in [0.717, 1.165) is 29.6 Å². The summed E-state index contributed by atoms with van der Waals surface area (Å²) in [5.74, 6) is 0.890. The predicted molar refractivity (Wildman–Crippen MR) is 107 cm³/mol. The van der Waals surface area contributed by atoms with Crippen molar-refractivity contribution in [2.75, 3.05) is 30.4 Å². The number of anilines is 1. The smallest absolute Gasteiger partial charge is 0.229 e. The highest BCUT2D eigenvalue weighted by Gasteiger charge is 2.36. The Morgan fingerprint density at radius 2 is 2.04 bits per heavy atom. The van der Waals surface area contributed by atoms with Crippen LogP contribution in [0.5, 0.6) is 0 Å². The first-order chi connectivity index (χ1) is 12.8. The van der Waals surface area contributed by atoms with Crippen molar-refractivity contribution in [3.05, 3.63) is 41.5 Å². The summed E-state index contributed by atoms with van der Waals surface area (Å²) in [4.78, 5) is 21.4. The van der Waals surface area contributed by atoms with Gasteiger partial charge in [-0.1, -0.05) is 12.1 Å². The predicted octanol–water partition coefficient (Wildman–Crippen LogP) is 3.57. The van der Waals surface area contributed by atoms with Gasteiger partial charge >= 0.3 is 0 Å². The van der Waals surface area contributed by atoms with E-state index in [9.17, 15) is 9.18 Å². The number of hydrogen-bond acceptors (Lipinski definition) is 5. The Hall–Kier alpha value is -1.73. The summed E-state index contributed by atoms with van der Waals surface area (Å²) < 4.78 is 17.5. The van der Waals surface area contributed by atoms with Gasteiger partial charge in [-0.2, -0.15) is 4.37 Å². The van der Waals surface area contributed by atoms with Gasteiger partial charge < -0.3 is 9.80 Å². The molecule has 0 N–H and O–H groups in total. The average molecular weight is 411 g/mol. The van der Waals surface area contributed by atoms with E-state index in [1.165, 1.54) is 23.7 Å². The van der Waals surface area contributed by atoms with E-state index < -0.39 is 5.41 Å². The molecule has 1 aromatic carbocycles. The second-order valence-electron chi connectivity index (χ2n) is 7.61. The summed E-state index contributed by atoms with van der Waals surface area (Å²) in [6.07, 6.45) is 0.578. The molecule has 2 heterocycles. The number of nitrogens with zero attached hydrogens (tertiary/aromatic N) is 4. The molecule has 5 nitrogen and oxygen atoms in total. The first-order valence-corrected chi connectivity index (χ1v) is 10.3. The SMILES string of the molecule is CC1CN(c2nc(Cc3ccc(F)cc3)ns2)CCN1C(=O)C(C)(C)CCl. The maximum absolute atomic E-state index is 13.0. The van der Waals surface area contributed by atoms with Crippen molar-refractivity contribution >= 4 is 34.2 Å². The van der Waals surface area contributed by atoms with Crippen LogP contribution in [-0.4, -0.2) is 51.7 Å². The minimum absolute atomic E-state index is 0.0817. The molecule has 1 aromatic heterocycles. The van der Waals surface area contributed by atoms with Gasteiger partial charge in [-0.15, -0.1) is 11.6 Å². The van der Waals surface area contributed by atoms with Crippen LogP contribution in [0.25, 0.3) is 0 Å². The number of carbonyl (C=O) groups excluding carboxylic acids is 1. The first-order valence-electron chi connectivity index (χ1n) is 8.99. The number of hydrogen-bond donors (Lipinski definition) is 0. The highest BCUT2D eigenvalue weighted by molar-refractivity contribution is 7.09. The molecule has 8 heteroatoms. The van der Waals surface area contributed by atoms with E-state index in [-0.39, 0.29) is 17.8 Å². The van der Waals surface area contributed by atoms with E-state index >= 15 is 0 Å². The van der Waals surface area contributed by atoms with Gasteiger partial charge in [0.2, 0.25) is 11.0 Å². The van der Waals surface area contributed by atoms with Crippen LogP contribution in [0.1, 0.15) is 32.2 Å². The van der Waals surface area contributed by atoms with E-state index in [4.69, 9.17) is 11.6 Å². The van der Waals surface area contributed by atoms with Crippen molar-refractivity contribution in [1.29, 1.82) is 0 Å². The number of amides is 1. The zero-order valence-electron chi connectivity index (χ0n) is 15.8. The van der Waals surface area contributed by atoms with Crippen LogP contribution in [0.3, 0.4) is 0 Å². The van der Waals surface area contributed by atoms with Crippen molar-refractivity contribution in [2.45, 2.75) is 33.2 Å². The summed E-state index contributed by atoms with van der Waals surface area (Å²) >= 11 is 7.33. The monoisotopic (exact) mass is 410 g/mol. The lowest BCUT2D eigenvalue weighted by atomic mass is 9.93. The van der Waals surface area contributed by atoms with Crippen LogP contribution in [0.2, 0.25) is 0 Å². The number of piperazine rings is 1. The molecular formula is C19H24ClFN4OS. The highest BCUT2D eigenvalue weighted by atomic mass is 35.5. The zero-order valence-corrected chi connectivity index (χ0v) is 17.4. The second-order valence-corrected chi connectivity index (χ2v) is 8.61. The maximum atomic E-state index is 13.0. The maximum Gasteiger partial charge on any atom is 0.229 e. The Balaban J connectivity index is 1.63. The molecule has 0 saturated carbocycles. The molecule has 3 rings (SSSR count). The lowest BCUT2D eigenvalue weighted by Crippen LogP contribution is -2.57. The number of halogens is 2. The third-order valence-electron chi connectivity index (χ3n) is 4.80. The van der Waals surface area contributed by atoms with Gasteiger partial charge in [0.25, 0.3) is 0 Å². The largest absolute Gasteiger partial charge is 0.343 e. The van der Waals surface area contributed by atoms with Crippen LogP contribution in [-0.2, 0) is 11.2 Å². The molecule has 1 fully saturated rings. The van der Waals surface area contributed by atoms with Crippen LogP contribution in [0.15, 0.2) is 24.3 Å². The number of carbonyl (C=O) groups is 1. The summed E-state index contributed by atoms with van der Waals surface area (Å²) in [5.41, 5.74) is 0.427. The molecule has 0 bridgehead atoms. The van der Waals surface area contributed by atoms with E-state index in [1.54, 1.807) is 12.1 Å². The summed E-state index contributed by atoms with van der Waals surface area (Å²) in [6, 6.07) is 6.48. The van der Waals surface area contributed by atoms with Crippen molar-refractivity contribution in [2.24, 2.45) is 5.41 Å². The van der Waals surface area contributed by atoms with E-state index in [0.29, 0.717) is 18.8 Å². The average Bonchev–Trinajstić information content (AvgIpc) is 3.11. The summed E-state index contributed by atoms with van der Waals surface area (Å²) in [5, 5.41) is 0.864. The first kappa shape index (κ1) is 20.0. The molecule has 1 aliphatic heterocycles. The second kappa shape index (κ2) is 8.10. The van der Waals surface area contributed by atoms with E-state index in [2.05, 4.69) is 21.2 Å². The molecule has 27 heavy (non-hydrogen) atoms. The summed E-state index contributed by atoms with van der Waals surface area (Å²) in [6.45, 7) is 7.90. The fourth-order valence-corrected chi connectivity index (χ4v) is 3.94. The van der Waals surface area contributed by atoms with Crippen molar-refractivity contribution in [3.8, 4) is 0 Å². The zero-order chi connectivity index (χ0) is 19.6. The van der Waals surface area contributed by atoms with Gasteiger partial charge in [0.15, 0.2) is 0 Å². The number of alkyl halides is 1. The third kappa shape index (κ3) is 4.58. The van der Waals surface area contributed by atoms with Gasteiger partial charge in [-0.3, -0.25) is 4.79 Å². The molecule has 0 aliphatic carbocycles. The highest BCUT2D eigenvalue weighted by Crippen LogP contribution is 2.26. The van der Waals surface area contributed by atoms with Crippen LogP contribution >= 0.6 is 23.1 Å². The Morgan fingerprint density at radius 3 is 2.67 bits per heavy atom. The standard InChI is InChI=1S/C19H24ClFN4OS/c1-13-11-24(8-9-25(13)17(26)19(2,3)12-20)18-22-16(23-27-18)10-14-4-6-15(21)7-5-14/h4-7,13H,8-12H2,1-3H3. The normalized spacial score (nSPS) is 18.0. The molecule has 1 amide bonds. The molecular weight excluding hydrogens is 387 g/mol. The lowest BCUT2D eigenvalue weighted by molar-refractivity contribution is -0.141. The van der Waals surface area contributed by atoms with Crippen LogP contribution in [0, 0.1) is 11.2 Å². The Labute approximate surface area is 168 Å². The topological polar surface area (TPSA) is 49.3 Å². The van der Waals surface area contributed by atoms with Gasteiger partial charge in [0.1, 0.15) is 11.6 Å². The molecule has 0 spiro atoms. The number of benzene rings is 1. The third-order valence-corrected chi connectivity index (χ3v) is 6.29. The minimum Gasteiger partial charge on any atom is -0.343 e. The minimum atomic E-state index is -0.553. The van der Waals surface area contributed by atoms with Crippen LogP contribution < -0.4 is 4.90 Å². The van der Waals surface area contributed by atoms with E-state index in [1.807, 2.05) is 18.7 Å². The Bertz CT molecular complexity index is 795. The van der Waals surface area contributed by atoms with Crippen molar-refractivity contribution < 1.29 is 9.18 Å². The van der Waals surface area contributed by atoms with Gasteiger partial charge in [-0.25, -0.2) is 9.37 Å². The lowest BCUT2D eigenvalue weighted by Gasteiger charge is -2.42. The molecule has 2 aromatic rings. The van der Waals surface area contributed by atoms with Crippen molar-refractivity contribution in [1.82, 2.24) is 14.3 Å². The fourth-order valence-electron chi connectivity index (χ4n) is 3.11. The molecule has 1 atom stereocenters. The number of aromatic nitrogens is 2. The Kier molecular flexibility index (Phi) is 6.01. The quantitative estimate of drug-likeness (QED) is 0.707. The molecule has 146 valence electrons. The molecule has 0 radical (unpaired) electrons. The van der Waals surface area contributed by atoms with Gasteiger partial charge in [-0.05, 0) is 38.5 Å². The molecule has 1 unspecified atom stereocenters. The molecule has 1 aliphatic rings. The van der Waals surface area contributed by atoms with Gasteiger partial charge in [0, 0.05) is 49.5 Å². The van der Waals surface area contributed by atoms with Crippen molar-refractivity contribution in [3.63, 3.8) is 0 Å².